The SMILES string of the molecule is C=CCn1c(CSc2ccc(C)cc2)nnc1SCC(=O)Nc1cccc(C(=O)OC)c1. The Balaban J connectivity index is 1.60. The fraction of sp³-hybridized carbons (Fsp3) is 0.217. The molecule has 1 heterocycles. The second-order valence-corrected chi connectivity index (χ2v) is 8.80. The number of benzene rings is 2. The van der Waals surface area contributed by atoms with Crippen molar-refractivity contribution in [2.24, 2.45) is 0 Å². The summed E-state index contributed by atoms with van der Waals surface area (Å²) >= 11 is 2.99. The molecule has 0 atom stereocenters. The van der Waals surface area contributed by atoms with Crippen LogP contribution in [0.1, 0.15) is 21.7 Å². The molecule has 0 radical (unpaired) electrons. The van der Waals surface area contributed by atoms with Crippen LogP contribution in [0.4, 0.5) is 5.69 Å². The van der Waals surface area contributed by atoms with E-state index < -0.39 is 5.97 Å². The number of anilines is 1. The summed E-state index contributed by atoms with van der Waals surface area (Å²) in [7, 11) is 1.32. The second-order valence-electron chi connectivity index (χ2n) is 6.81. The van der Waals surface area contributed by atoms with E-state index in [1.807, 2.05) is 4.57 Å². The molecular formula is C23H24N4O3S2. The van der Waals surface area contributed by atoms with Crippen molar-refractivity contribution in [3.05, 3.63) is 78.1 Å². The van der Waals surface area contributed by atoms with Gasteiger partial charge in [-0.15, -0.1) is 28.5 Å². The van der Waals surface area contributed by atoms with Gasteiger partial charge in [0.1, 0.15) is 5.82 Å². The molecule has 7 nitrogen and oxygen atoms in total. The normalized spacial score (nSPS) is 10.6. The fourth-order valence-corrected chi connectivity index (χ4v) is 4.40. The zero-order valence-electron chi connectivity index (χ0n) is 17.9. The molecule has 0 aliphatic carbocycles. The van der Waals surface area contributed by atoms with Gasteiger partial charge in [-0.2, -0.15) is 0 Å². The van der Waals surface area contributed by atoms with Crippen molar-refractivity contribution >= 4 is 41.1 Å². The quantitative estimate of drug-likeness (QED) is 0.265. The Hall–Kier alpha value is -3.04. The number of carbonyl (C=O) groups is 2. The first kappa shape index (κ1) is 23.6. The summed E-state index contributed by atoms with van der Waals surface area (Å²) in [6, 6.07) is 14.9. The Morgan fingerprint density at radius 3 is 2.66 bits per heavy atom. The lowest BCUT2D eigenvalue weighted by Gasteiger charge is -2.09. The number of aromatic nitrogens is 3. The van der Waals surface area contributed by atoms with Crippen molar-refractivity contribution in [3.8, 4) is 0 Å². The lowest BCUT2D eigenvalue weighted by Crippen LogP contribution is -2.15. The van der Waals surface area contributed by atoms with Crippen LogP contribution in [-0.2, 0) is 21.8 Å². The Morgan fingerprint density at radius 2 is 1.94 bits per heavy atom. The van der Waals surface area contributed by atoms with Crippen LogP contribution in [0.2, 0.25) is 0 Å². The molecule has 0 bridgehead atoms. The summed E-state index contributed by atoms with van der Waals surface area (Å²) in [6.07, 6.45) is 1.78. The molecule has 0 aliphatic heterocycles. The van der Waals surface area contributed by atoms with E-state index in [1.54, 1.807) is 42.1 Å². The molecule has 1 amide bonds. The lowest BCUT2D eigenvalue weighted by atomic mass is 10.2. The highest BCUT2D eigenvalue weighted by Crippen LogP contribution is 2.25. The van der Waals surface area contributed by atoms with E-state index in [-0.39, 0.29) is 11.7 Å². The van der Waals surface area contributed by atoms with Gasteiger partial charge < -0.3 is 14.6 Å². The van der Waals surface area contributed by atoms with Gasteiger partial charge in [-0.3, -0.25) is 4.79 Å². The van der Waals surface area contributed by atoms with Crippen molar-refractivity contribution in [2.45, 2.75) is 29.3 Å². The molecule has 0 spiro atoms. The van der Waals surface area contributed by atoms with Gasteiger partial charge in [0.05, 0.1) is 24.2 Å². The van der Waals surface area contributed by atoms with E-state index >= 15 is 0 Å². The highest BCUT2D eigenvalue weighted by molar-refractivity contribution is 7.99. The summed E-state index contributed by atoms with van der Waals surface area (Å²) in [4.78, 5) is 25.2. The number of nitrogens with one attached hydrogen (secondary N) is 1. The molecule has 9 heteroatoms. The molecule has 0 fully saturated rings. The topological polar surface area (TPSA) is 86.1 Å². The summed E-state index contributed by atoms with van der Waals surface area (Å²) in [6.45, 7) is 6.43. The number of carbonyl (C=O) groups excluding carboxylic acids is 2. The molecule has 3 aromatic rings. The first-order chi connectivity index (χ1) is 15.5. The fourth-order valence-electron chi connectivity index (χ4n) is 2.80. The van der Waals surface area contributed by atoms with Crippen molar-refractivity contribution < 1.29 is 14.3 Å². The average Bonchev–Trinajstić information content (AvgIpc) is 3.18. The smallest absolute Gasteiger partial charge is 0.337 e. The molecular weight excluding hydrogens is 444 g/mol. The molecule has 166 valence electrons. The number of amides is 1. The largest absolute Gasteiger partial charge is 0.465 e. The number of hydrogen-bond donors (Lipinski definition) is 1. The minimum atomic E-state index is -0.455. The van der Waals surface area contributed by atoms with Gasteiger partial charge in [-0.1, -0.05) is 41.6 Å². The van der Waals surface area contributed by atoms with E-state index in [4.69, 9.17) is 4.74 Å². The Bertz CT molecular complexity index is 1100. The van der Waals surface area contributed by atoms with E-state index in [9.17, 15) is 9.59 Å². The molecule has 1 aromatic heterocycles. The van der Waals surface area contributed by atoms with Crippen LogP contribution in [-0.4, -0.2) is 39.5 Å². The number of nitrogens with zero attached hydrogens (tertiary/aromatic N) is 3. The van der Waals surface area contributed by atoms with Crippen LogP contribution in [0.15, 0.2) is 71.2 Å². The summed E-state index contributed by atoms with van der Waals surface area (Å²) in [5.41, 5.74) is 2.12. The highest BCUT2D eigenvalue weighted by atomic mass is 32.2. The highest BCUT2D eigenvalue weighted by Gasteiger charge is 2.14. The molecule has 32 heavy (non-hydrogen) atoms. The Labute approximate surface area is 195 Å². The van der Waals surface area contributed by atoms with E-state index in [2.05, 4.69) is 53.3 Å². The van der Waals surface area contributed by atoms with Crippen LogP contribution >= 0.6 is 23.5 Å². The molecule has 0 unspecified atom stereocenters. The second kappa shape index (κ2) is 11.5. The third-order valence-corrected chi connectivity index (χ3v) is 6.37. The van der Waals surface area contributed by atoms with Gasteiger partial charge in [0.2, 0.25) is 5.91 Å². The van der Waals surface area contributed by atoms with Gasteiger partial charge in [-0.25, -0.2) is 4.79 Å². The molecule has 3 rings (SSSR count). The molecule has 1 N–H and O–H groups in total. The first-order valence-electron chi connectivity index (χ1n) is 9.83. The van der Waals surface area contributed by atoms with Crippen LogP contribution < -0.4 is 5.32 Å². The number of ether oxygens (including phenoxy) is 1. The third kappa shape index (κ3) is 6.48. The van der Waals surface area contributed by atoms with Crippen molar-refractivity contribution in [1.29, 1.82) is 0 Å². The van der Waals surface area contributed by atoms with Gasteiger partial charge in [0, 0.05) is 17.1 Å². The number of esters is 1. The van der Waals surface area contributed by atoms with Crippen molar-refractivity contribution in [3.63, 3.8) is 0 Å². The molecule has 0 saturated carbocycles. The first-order valence-corrected chi connectivity index (χ1v) is 11.8. The van der Waals surface area contributed by atoms with Gasteiger partial charge >= 0.3 is 5.97 Å². The zero-order chi connectivity index (χ0) is 22.9. The van der Waals surface area contributed by atoms with Gasteiger partial charge in [-0.05, 0) is 37.3 Å². The number of rotatable bonds is 10. The number of allylic oxidation sites excluding steroid dienone is 1. The standard InChI is InChI=1S/C23H24N4O3S2/c1-4-12-27-20(14-31-19-10-8-16(2)9-11-19)25-26-23(27)32-15-21(28)24-18-7-5-6-17(13-18)22(29)30-3/h4-11,13H,1,12,14-15H2,2-3H3,(H,24,28). The lowest BCUT2D eigenvalue weighted by molar-refractivity contribution is -0.113. The zero-order valence-corrected chi connectivity index (χ0v) is 19.5. The number of methoxy groups -OCH3 is 1. The van der Waals surface area contributed by atoms with Gasteiger partial charge in [0.15, 0.2) is 5.16 Å². The maximum absolute atomic E-state index is 12.4. The third-order valence-electron chi connectivity index (χ3n) is 4.39. The number of thioether (sulfide) groups is 2. The van der Waals surface area contributed by atoms with Crippen LogP contribution in [0.3, 0.4) is 0 Å². The van der Waals surface area contributed by atoms with E-state index in [1.165, 1.54) is 24.4 Å². The van der Waals surface area contributed by atoms with Gasteiger partial charge in [0.25, 0.3) is 0 Å². The minimum absolute atomic E-state index is 0.156. The predicted molar refractivity (Wildman–Crippen MR) is 128 cm³/mol. The number of aryl methyl sites for hydroxylation is 1. The van der Waals surface area contributed by atoms with E-state index in [0.29, 0.717) is 28.7 Å². The Kier molecular flexibility index (Phi) is 8.52. The molecule has 2 aromatic carbocycles. The summed E-state index contributed by atoms with van der Waals surface area (Å²) in [5, 5.41) is 12.0. The maximum atomic E-state index is 12.4. The molecule has 0 aliphatic rings. The Morgan fingerprint density at radius 1 is 1.16 bits per heavy atom. The predicted octanol–water partition coefficient (Wildman–Crippen LogP) is 4.58. The summed E-state index contributed by atoms with van der Waals surface area (Å²) in [5.74, 6) is 0.980. The van der Waals surface area contributed by atoms with Crippen molar-refractivity contribution in [2.75, 3.05) is 18.2 Å². The molecule has 0 saturated heterocycles. The van der Waals surface area contributed by atoms with E-state index in [0.717, 1.165) is 10.7 Å². The average molecular weight is 469 g/mol. The minimum Gasteiger partial charge on any atom is -0.465 e. The summed E-state index contributed by atoms with van der Waals surface area (Å²) < 4.78 is 6.67. The van der Waals surface area contributed by atoms with Crippen LogP contribution in [0.5, 0.6) is 0 Å². The maximum Gasteiger partial charge on any atom is 0.337 e. The van der Waals surface area contributed by atoms with Crippen LogP contribution in [0.25, 0.3) is 0 Å². The van der Waals surface area contributed by atoms with Crippen LogP contribution in [0, 0.1) is 6.92 Å². The number of hydrogen-bond acceptors (Lipinski definition) is 7. The monoisotopic (exact) mass is 468 g/mol. The van der Waals surface area contributed by atoms with Crippen molar-refractivity contribution in [1.82, 2.24) is 14.8 Å².